The van der Waals surface area contributed by atoms with Crippen molar-refractivity contribution in [3.63, 3.8) is 0 Å². The average molecular weight is 363 g/mol. The summed E-state index contributed by atoms with van der Waals surface area (Å²) in [5.74, 6) is -0.00246. The number of likely N-dealkylation sites (N-methyl/N-ethyl adjacent to an activating group) is 1. The van der Waals surface area contributed by atoms with E-state index in [-0.39, 0.29) is 23.7 Å². The molecule has 2 amide bonds. The van der Waals surface area contributed by atoms with Gasteiger partial charge in [-0.05, 0) is 18.4 Å². The number of piperidine rings is 1. The number of amides is 2. The molecule has 2 atom stereocenters. The van der Waals surface area contributed by atoms with Crippen LogP contribution in [0, 0.1) is 11.8 Å². The molecule has 0 bridgehead atoms. The molecule has 0 radical (unpaired) electrons. The fraction of sp³-hybridized carbons (Fsp3) is 0.722. The molecule has 2 aliphatic heterocycles. The summed E-state index contributed by atoms with van der Waals surface area (Å²) in [6.07, 6.45) is 5.21. The molecule has 144 valence electrons. The van der Waals surface area contributed by atoms with Crippen LogP contribution in [0.1, 0.15) is 12.0 Å². The van der Waals surface area contributed by atoms with Gasteiger partial charge < -0.3 is 19.9 Å². The predicted octanol–water partition coefficient (Wildman–Crippen LogP) is -0.494. The predicted molar refractivity (Wildman–Crippen MR) is 96.4 cm³/mol. The molecule has 1 aromatic heterocycles. The van der Waals surface area contributed by atoms with Gasteiger partial charge in [0.1, 0.15) is 0 Å². The van der Waals surface area contributed by atoms with E-state index < -0.39 is 0 Å². The molecule has 3 heterocycles. The van der Waals surface area contributed by atoms with Crippen LogP contribution in [0.25, 0.3) is 0 Å². The van der Waals surface area contributed by atoms with E-state index in [1.54, 1.807) is 9.58 Å². The Labute approximate surface area is 154 Å². The molecule has 3 rings (SSSR count). The van der Waals surface area contributed by atoms with Crippen molar-refractivity contribution in [1.82, 2.24) is 24.9 Å². The first-order valence-electron chi connectivity index (χ1n) is 9.34. The molecule has 0 spiro atoms. The highest BCUT2D eigenvalue weighted by atomic mass is 16.5. The second-order valence-electron chi connectivity index (χ2n) is 7.26. The zero-order valence-corrected chi connectivity index (χ0v) is 15.7. The molecule has 2 fully saturated rings. The highest BCUT2D eigenvalue weighted by molar-refractivity contribution is 5.83. The van der Waals surface area contributed by atoms with Crippen LogP contribution in [0.3, 0.4) is 0 Å². The Kier molecular flexibility index (Phi) is 6.26. The smallest absolute Gasteiger partial charge is 0.227 e. The van der Waals surface area contributed by atoms with E-state index in [0.29, 0.717) is 52.4 Å². The van der Waals surface area contributed by atoms with Gasteiger partial charge in [-0.2, -0.15) is 5.10 Å². The van der Waals surface area contributed by atoms with Gasteiger partial charge in [-0.3, -0.25) is 14.3 Å². The lowest BCUT2D eigenvalue weighted by molar-refractivity contribution is -0.142. The lowest BCUT2D eigenvalue weighted by Crippen LogP contribution is -2.51. The first-order valence-corrected chi connectivity index (χ1v) is 9.34. The molecule has 8 heteroatoms. The summed E-state index contributed by atoms with van der Waals surface area (Å²) in [6.45, 7) is 4.46. The van der Waals surface area contributed by atoms with E-state index in [2.05, 4.69) is 10.4 Å². The van der Waals surface area contributed by atoms with Crippen LogP contribution in [0.4, 0.5) is 0 Å². The number of aromatic nitrogens is 2. The van der Waals surface area contributed by atoms with Crippen LogP contribution in [-0.2, 0) is 27.8 Å². The zero-order valence-electron chi connectivity index (χ0n) is 15.7. The number of nitrogens with zero attached hydrogens (tertiary/aromatic N) is 4. The molecule has 0 unspecified atom stereocenters. The van der Waals surface area contributed by atoms with Crippen LogP contribution in [-0.4, -0.2) is 84.4 Å². The molecule has 1 aromatic rings. The fourth-order valence-corrected chi connectivity index (χ4v) is 3.68. The fourth-order valence-electron chi connectivity index (χ4n) is 3.68. The maximum absolute atomic E-state index is 12.8. The molecule has 2 aliphatic rings. The Morgan fingerprint density at radius 1 is 1.31 bits per heavy atom. The molecule has 8 nitrogen and oxygen atoms in total. The Balaban J connectivity index is 1.50. The van der Waals surface area contributed by atoms with E-state index in [1.165, 1.54) is 0 Å². The number of aryl methyl sites for hydroxylation is 1. The minimum Gasteiger partial charge on any atom is -0.378 e. The van der Waals surface area contributed by atoms with Crippen LogP contribution in [0.5, 0.6) is 0 Å². The number of hydrogen-bond acceptors (Lipinski definition) is 5. The SMILES string of the molecule is CN(CCc1cnn(C)c1)C(=O)[C@H]1CNC[C@@H](C(=O)N2CCOCC2)C1. The quantitative estimate of drug-likeness (QED) is 0.763. The maximum Gasteiger partial charge on any atom is 0.227 e. The minimum absolute atomic E-state index is 0.112. The lowest BCUT2D eigenvalue weighted by Gasteiger charge is -2.35. The van der Waals surface area contributed by atoms with Gasteiger partial charge >= 0.3 is 0 Å². The summed E-state index contributed by atoms with van der Waals surface area (Å²) in [6, 6.07) is 0. The topological polar surface area (TPSA) is 79.7 Å². The van der Waals surface area contributed by atoms with Crippen molar-refractivity contribution >= 4 is 11.8 Å². The van der Waals surface area contributed by atoms with Crippen molar-refractivity contribution < 1.29 is 14.3 Å². The van der Waals surface area contributed by atoms with Gasteiger partial charge in [0.05, 0.1) is 31.2 Å². The highest BCUT2D eigenvalue weighted by Crippen LogP contribution is 2.21. The first-order chi connectivity index (χ1) is 12.5. The van der Waals surface area contributed by atoms with Crippen LogP contribution in [0.2, 0.25) is 0 Å². The normalized spacial score (nSPS) is 23.7. The summed E-state index contributed by atoms with van der Waals surface area (Å²) >= 11 is 0. The Hall–Kier alpha value is -1.93. The number of morpholine rings is 1. The minimum atomic E-state index is -0.141. The van der Waals surface area contributed by atoms with E-state index >= 15 is 0 Å². The number of ether oxygens (including phenoxy) is 1. The Bertz CT molecular complexity index is 626. The summed E-state index contributed by atoms with van der Waals surface area (Å²) in [4.78, 5) is 29.1. The van der Waals surface area contributed by atoms with E-state index in [1.807, 2.05) is 31.4 Å². The van der Waals surface area contributed by atoms with Crippen molar-refractivity contribution in [3.8, 4) is 0 Å². The van der Waals surface area contributed by atoms with Crippen molar-refractivity contribution in [2.75, 3.05) is 53.0 Å². The molecular formula is C18H29N5O3. The van der Waals surface area contributed by atoms with Gasteiger partial charge in [0.15, 0.2) is 0 Å². The highest BCUT2D eigenvalue weighted by Gasteiger charge is 2.34. The second-order valence-corrected chi connectivity index (χ2v) is 7.26. The maximum atomic E-state index is 12.8. The molecule has 0 saturated carbocycles. The summed E-state index contributed by atoms with van der Waals surface area (Å²) in [5, 5.41) is 7.43. The zero-order chi connectivity index (χ0) is 18.5. The third-order valence-corrected chi connectivity index (χ3v) is 5.24. The summed E-state index contributed by atoms with van der Waals surface area (Å²) in [7, 11) is 3.73. The Morgan fingerprint density at radius 2 is 2.04 bits per heavy atom. The van der Waals surface area contributed by atoms with E-state index in [4.69, 9.17) is 4.74 Å². The average Bonchev–Trinajstić information content (AvgIpc) is 3.11. The molecular weight excluding hydrogens is 334 g/mol. The van der Waals surface area contributed by atoms with Gasteiger partial charge in [0.2, 0.25) is 11.8 Å². The van der Waals surface area contributed by atoms with Crippen molar-refractivity contribution in [1.29, 1.82) is 0 Å². The van der Waals surface area contributed by atoms with Gasteiger partial charge in [0, 0.05) is 53.0 Å². The van der Waals surface area contributed by atoms with Crippen LogP contribution >= 0.6 is 0 Å². The monoisotopic (exact) mass is 363 g/mol. The van der Waals surface area contributed by atoms with Gasteiger partial charge in [-0.25, -0.2) is 0 Å². The number of nitrogens with one attached hydrogen (secondary N) is 1. The second kappa shape index (κ2) is 8.64. The van der Waals surface area contributed by atoms with Crippen LogP contribution in [0.15, 0.2) is 12.4 Å². The molecule has 2 saturated heterocycles. The number of rotatable bonds is 5. The van der Waals surface area contributed by atoms with Crippen molar-refractivity contribution in [3.05, 3.63) is 18.0 Å². The third kappa shape index (κ3) is 4.62. The number of hydrogen-bond donors (Lipinski definition) is 1. The van der Waals surface area contributed by atoms with Crippen LogP contribution < -0.4 is 5.32 Å². The molecule has 1 N–H and O–H groups in total. The van der Waals surface area contributed by atoms with Crippen molar-refractivity contribution in [2.45, 2.75) is 12.8 Å². The number of carbonyl (C=O) groups is 2. The van der Waals surface area contributed by atoms with Crippen molar-refractivity contribution in [2.24, 2.45) is 18.9 Å². The molecule has 0 aromatic carbocycles. The number of carbonyl (C=O) groups excluding carboxylic acids is 2. The van der Waals surface area contributed by atoms with Gasteiger partial charge in [-0.15, -0.1) is 0 Å². The van der Waals surface area contributed by atoms with E-state index in [0.717, 1.165) is 12.0 Å². The lowest BCUT2D eigenvalue weighted by atomic mass is 9.88. The largest absolute Gasteiger partial charge is 0.378 e. The third-order valence-electron chi connectivity index (χ3n) is 5.24. The van der Waals surface area contributed by atoms with Gasteiger partial charge in [0.25, 0.3) is 0 Å². The standard InChI is InChI=1S/C18H29N5O3/c1-21(4-3-14-10-20-22(2)13-14)17(24)15-9-16(12-19-11-15)18(25)23-5-7-26-8-6-23/h10,13,15-16,19H,3-9,11-12H2,1-2H3/t15-,16+/m1/s1. The van der Waals surface area contributed by atoms with E-state index in [9.17, 15) is 9.59 Å². The summed E-state index contributed by atoms with van der Waals surface area (Å²) in [5.41, 5.74) is 1.12. The first kappa shape index (κ1) is 18.8. The van der Waals surface area contributed by atoms with Gasteiger partial charge in [-0.1, -0.05) is 0 Å². The molecule has 26 heavy (non-hydrogen) atoms. The molecule has 0 aliphatic carbocycles. The summed E-state index contributed by atoms with van der Waals surface area (Å²) < 4.78 is 7.08. The Morgan fingerprint density at radius 3 is 2.73 bits per heavy atom.